The predicted molar refractivity (Wildman–Crippen MR) is 146 cm³/mol. The van der Waals surface area contributed by atoms with E-state index < -0.39 is 11.9 Å². The third kappa shape index (κ3) is 4.64. The summed E-state index contributed by atoms with van der Waals surface area (Å²) in [7, 11) is 2.50. The molecule has 10 heteroatoms. The molecule has 5 aromatic rings. The molecule has 0 aliphatic heterocycles. The number of esters is 2. The van der Waals surface area contributed by atoms with Gasteiger partial charge in [0.2, 0.25) is 5.13 Å². The van der Waals surface area contributed by atoms with Crippen molar-refractivity contribution >= 4 is 44.9 Å². The maximum absolute atomic E-state index is 13.8. The van der Waals surface area contributed by atoms with Crippen molar-refractivity contribution in [3.05, 3.63) is 99.8 Å². The van der Waals surface area contributed by atoms with Gasteiger partial charge in [-0.2, -0.15) is 4.68 Å². The molecule has 2 aromatic heterocycles. The van der Waals surface area contributed by atoms with Crippen LogP contribution in [0, 0.1) is 0 Å². The van der Waals surface area contributed by atoms with E-state index in [1.807, 2.05) is 54.6 Å². The van der Waals surface area contributed by atoms with Gasteiger partial charge in [0.15, 0.2) is 0 Å². The molecular formula is C28H22N4O5S. The van der Waals surface area contributed by atoms with Gasteiger partial charge in [-0.1, -0.05) is 53.8 Å². The van der Waals surface area contributed by atoms with E-state index in [2.05, 4.69) is 15.1 Å². The normalized spacial score (nSPS) is 11.5. The van der Waals surface area contributed by atoms with E-state index in [9.17, 15) is 14.4 Å². The number of rotatable bonds is 6. The Morgan fingerprint density at radius 1 is 0.921 bits per heavy atom. The Labute approximate surface area is 221 Å². The number of aromatic nitrogens is 3. The minimum atomic E-state index is -0.630. The second-order valence-electron chi connectivity index (χ2n) is 8.28. The number of fused-ring (bicyclic) bond motifs is 1. The lowest BCUT2D eigenvalue weighted by molar-refractivity contribution is 0.0599. The lowest BCUT2D eigenvalue weighted by Gasteiger charge is -2.07. The van der Waals surface area contributed by atoms with Gasteiger partial charge in [-0.25, -0.2) is 14.6 Å². The number of ether oxygens (including phenoxy) is 2. The van der Waals surface area contributed by atoms with Gasteiger partial charge in [-0.15, -0.1) is 0 Å². The Balaban J connectivity index is 1.69. The van der Waals surface area contributed by atoms with Crippen molar-refractivity contribution in [2.24, 2.45) is 4.99 Å². The number of carbonyl (C=O) groups is 2. The molecule has 5 rings (SSSR count). The van der Waals surface area contributed by atoms with Crippen molar-refractivity contribution in [3.63, 3.8) is 0 Å². The highest BCUT2D eigenvalue weighted by atomic mass is 32.1. The molecule has 0 saturated carbocycles. The Bertz CT molecular complexity index is 1700. The van der Waals surface area contributed by atoms with Gasteiger partial charge in [-0.3, -0.25) is 14.9 Å². The fourth-order valence-electron chi connectivity index (χ4n) is 4.07. The van der Waals surface area contributed by atoms with Crippen LogP contribution in [-0.4, -0.2) is 46.6 Å². The van der Waals surface area contributed by atoms with Crippen molar-refractivity contribution < 1.29 is 19.1 Å². The molecule has 0 aliphatic rings. The minimum absolute atomic E-state index is 0.131. The summed E-state index contributed by atoms with van der Waals surface area (Å²) in [6.07, 6.45) is 0. The van der Waals surface area contributed by atoms with Crippen LogP contribution >= 0.6 is 11.3 Å². The average Bonchev–Trinajstić information content (AvgIpc) is 3.53. The van der Waals surface area contributed by atoms with Gasteiger partial charge in [0.1, 0.15) is 0 Å². The highest BCUT2D eigenvalue weighted by molar-refractivity contribution is 7.20. The highest BCUT2D eigenvalue weighted by Gasteiger charge is 2.22. The number of benzene rings is 3. The number of para-hydroxylation sites is 1. The van der Waals surface area contributed by atoms with E-state index in [4.69, 9.17) is 9.47 Å². The molecule has 190 valence electrons. The summed E-state index contributed by atoms with van der Waals surface area (Å²) >= 11 is 1.39. The molecule has 2 heterocycles. The number of nitrogens with zero attached hydrogens (tertiary/aromatic N) is 3. The summed E-state index contributed by atoms with van der Waals surface area (Å²) in [6.45, 7) is 1.70. The predicted octanol–water partition coefficient (Wildman–Crippen LogP) is 5.16. The van der Waals surface area contributed by atoms with Crippen LogP contribution in [0.3, 0.4) is 0 Å². The number of nitrogens with one attached hydrogen (secondary N) is 1. The topological polar surface area (TPSA) is 116 Å². The molecule has 0 amide bonds. The zero-order valence-corrected chi connectivity index (χ0v) is 21.5. The lowest BCUT2D eigenvalue weighted by atomic mass is 10.0. The maximum atomic E-state index is 13.8. The fraction of sp³-hybridized carbons (Fsp3) is 0.107. The molecule has 0 bridgehead atoms. The zero-order chi connectivity index (χ0) is 26.8. The van der Waals surface area contributed by atoms with Crippen LogP contribution in [0.4, 0.5) is 5.69 Å². The van der Waals surface area contributed by atoms with Crippen molar-refractivity contribution in [1.82, 2.24) is 14.8 Å². The molecule has 38 heavy (non-hydrogen) atoms. The summed E-state index contributed by atoms with van der Waals surface area (Å²) in [5.74, 6) is -1.26. The first-order chi connectivity index (χ1) is 18.4. The monoisotopic (exact) mass is 526 g/mol. The third-order valence-corrected chi connectivity index (χ3v) is 6.87. The Morgan fingerprint density at radius 2 is 1.55 bits per heavy atom. The summed E-state index contributed by atoms with van der Waals surface area (Å²) in [5.41, 5.74) is 3.07. The molecule has 0 unspecified atom stereocenters. The smallest absolute Gasteiger partial charge is 0.337 e. The van der Waals surface area contributed by atoms with Crippen molar-refractivity contribution in [2.75, 3.05) is 14.2 Å². The van der Waals surface area contributed by atoms with E-state index in [-0.39, 0.29) is 22.4 Å². The molecule has 0 spiro atoms. The molecule has 0 atom stereocenters. The summed E-state index contributed by atoms with van der Waals surface area (Å²) in [6, 6.07) is 21.4. The van der Waals surface area contributed by atoms with Gasteiger partial charge < -0.3 is 9.47 Å². The summed E-state index contributed by atoms with van der Waals surface area (Å²) < 4.78 is 12.0. The first-order valence-corrected chi connectivity index (χ1v) is 12.3. The Hall–Kier alpha value is -4.83. The summed E-state index contributed by atoms with van der Waals surface area (Å²) in [5, 5.41) is 3.70. The van der Waals surface area contributed by atoms with E-state index >= 15 is 0 Å². The first kappa shape index (κ1) is 24.8. The van der Waals surface area contributed by atoms with Crippen LogP contribution in [0.1, 0.15) is 33.2 Å². The zero-order valence-electron chi connectivity index (χ0n) is 20.7. The first-order valence-electron chi connectivity index (χ1n) is 11.5. The highest BCUT2D eigenvalue weighted by Crippen LogP contribution is 2.27. The quantitative estimate of drug-likeness (QED) is 0.241. The van der Waals surface area contributed by atoms with E-state index in [0.717, 1.165) is 15.8 Å². The average molecular weight is 527 g/mol. The molecular weight excluding hydrogens is 504 g/mol. The van der Waals surface area contributed by atoms with Crippen LogP contribution in [0.2, 0.25) is 0 Å². The van der Waals surface area contributed by atoms with Crippen LogP contribution < -0.4 is 5.56 Å². The standard InChI is InChI=1S/C28H22N4O5S/c1-16(29-20-14-18(26(34)36-2)13-19(15-20)27(35)37-3)23-24(17-9-5-4-6-10-17)31-32(25(23)33)28-30-21-11-7-8-12-22(21)38-28/h4-15,31H,1-3H3. The molecule has 3 aromatic carbocycles. The number of carbonyl (C=O) groups excluding carboxylic acids is 2. The molecule has 0 saturated heterocycles. The summed E-state index contributed by atoms with van der Waals surface area (Å²) in [4.78, 5) is 47.5. The van der Waals surface area contributed by atoms with Gasteiger partial charge in [0.05, 0.1) is 58.2 Å². The van der Waals surface area contributed by atoms with Crippen molar-refractivity contribution in [1.29, 1.82) is 0 Å². The van der Waals surface area contributed by atoms with E-state index in [1.54, 1.807) is 6.92 Å². The van der Waals surface area contributed by atoms with Crippen molar-refractivity contribution in [2.45, 2.75) is 6.92 Å². The molecule has 0 aliphatic carbocycles. The minimum Gasteiger partial charge on any atom is -0.465 e. The molecule has 1 N–H and O–H groups in total. The second-order valence-corrected chi connectivity index (χ2v) is 9.29. The van der Waals surface area contributed by atoms with Crippen LogP contribution in [0.15, 0.2) is 82.6 Å². The number of hydrogen-bond donors (Lipinski definition) is 1. The van der Waals surface area contributed by atoms with Gasteiger partial charge >= 0.3 is 11.9 Å². The fourth-order valence-corrected chi connectivity index (χ4v) is 5.00. The third-order valence-electron chi connectivity index (χ3n) is 5.85. The molecule has 0 fully saturated rings. The maximum Gasteiger partial charge on any atom is 0.337 e. The second kappa shape index (κ2) is 10.3. The SMILES string of the molecule is COC(=O)c1cc(N=C(C)c2c(-c3ccccc3)[nH]n(-c3nc4ccccc4s3)c2=O)cc(C(=O)OC)c1. The number of methoxy groups -OCH3 is 2. The van der Waals surface area contributed by atoms with E-state index in [0.29, 0.717) is 22.1 Å². The number of hydrogen-bond acceptors (Lipinski definition) is 8. The van der Waals surface area contributed by atoms with Crippen LogP contribution in [-0.2, 0) is 9.47 Å². The lowest BCUT2D eigenvalue weighted by Crippen LogP contribution is -2.19. The number of thiazole rings is 1. The van der Waals surface area contributed by atoms with E-state index in [1.165, 1.54) is 48.4 Å². The number of aliphatic imine (C=N–C) groups is 1. The van der Waals surface area contributed by atoms with Gasteiger partial charge in [0, 0.05) is 5.56 Å². The number of H-pyrrole nitrogens is 1. The van der Waals surface area contributed by atoms with Gasteiger partial charge in [0.25, 0.3) is 5.56 Å². The van der Waals surface area contributed by atoms with Crippen molar-refractivity contribution in [3.8, 4) is 16.4 Å². The largest absolute Gasteiger partial charge is 0.465 e. The molecule has 9 nitrogen and oxygen atoms in total. The van der Waals surface area contributed by atoms with Gasteiger partial charge in [-0.05, 0) is 37.3 Å². The van der Waals surface area contributed by atoms with Crippen LogP contribution in [0.25, 0.3) is 26.6 Å². The molecule has 0 radical (unpaired) electrons. The van der Waals surface area contributed by atoms with Crippen LogP contribution in [0.5, 0.6) is 0 Å². The number of aromatic amines is 1. The Kier molecular flexibility index (Phi) is 6.71. The Morgan fingerprint density at radius 3 is 2.18 bits per heavy atom.